The van der Waals surface area contributed by atoms with E-state index in [2.05, 4.69) is 21.2 Å². The van der Waals surface area contributed by atoms with E-state index in [1.54, 1.807) is 13.2 Å². The van der Waals surface area contributed by atoms with Gasteiger partial charge in [-0.1, -0.05) is 15.9 Å². The van der Waals surface area contributed by atoms with Crippen LogP contribution in [0.5, 0.6) is 5.75 Å². The Labute approximate surface area is 126 Å². The topological polar surface area (TPSA) is 47.3 Å². The molecule has 0 radical (unpaired) electrons. The molecule has 2 aromatic carbocycles. The van der Waals surface area contributed by atoms with E-state index >= 15 is 0 Å². The molecular weight excluding hydrogens is 323 g/mol. The largest absolute Gasteiger partial charge is 0.496 e. The molecule has 3 nitrogen and oxygen atoms in total. The van der Waals surface area contributed by atoms with Gasteiger partial charge in [0.05, 0.1) is 18.5 Å². The SMILES string of the molecule is COc1ccc(Br)cc1CCNc1cc(F)ccc1N. The first-order chi connectivity index (χ1) is 9.60. The highest BCUT2D eigenvalue weighted by atomic mass is 79.9. The highest BCUT2D eigenvalue weighted by Crippen LogP contribution is 2.24. The zero-order valence-corrected chi connectivity index (χ0v) is 12.7. The molecule has 0 spiro atoms. The van der Waals surface area contributed by atoms with Crippen molar-refractivity contribution in [1.82, 2.24) is 0 Å². The molecule has 20 heavy (non-hydrogen) atoms. The molecule has 5 heteroatoms. The van der Waals surface area contributed by atoms with Gasteiger partial charge in [-0.25, -0.2) is 4.39 Å². The minimum absolute atomic E-state index is 0.304. The fraction of sp³-hybridized carbons (Fsp3) is 0.200. The Bertz CT molecular complexity index is 604. The fourth-order valence-corrected chi connectivity index (χ4v) is 2.36. The number of anilines is 2. The van der Waals surface area contributed by atoms with Gasteiger partial charge < -0.3 is 15.8 Å². The Morgan fingerprint density at radius 3 is 2.80 bits per heavy atom. The second-order valence-electron chi connectivity index (χ2n) is 4.36. The van der Waals surface area contributed by atoms with Gasteiger partial charge in [0, 0.05) is 11.0 Å². The molecule has 0 atom stereocenters. The molecule has 0 aliphatic rings. The van der Waals surface area contributed by atoms with Crippen LogP contribution in [0.2, 0.25) is 0 Å². The van der Waals surface area contributed by atoms with Gasteiger partial charge in [0.15, 0.2) is 0 Å². The standard InChI is InChI=1S/C15H16BrFN2O/c1-20-15-5-2-11(16)8-10(15)6-7-19-14-9-12(17)3-4-13(14)18/h2-5,8-9,19H,6-7,18H2,1H3. The number of benzene rings is 2. The summed E-state index contributed by atoms with van der Waals surface area (Å²) in [6, 6.07) is 10.1. The van der Waals surface area contributed by atoms with E-state index in [-0.39, 0.29) is 5.82 Å². The molecule has 0 bridgehead atoms. The first kappa shape index (κ1) is 14.7. The Balaban J connectivity index is 2.02. The minimum Gasteiger partial charge on any atom is -0.496 e. The molecule has 0 unspecified atom stereocenters. The third-order valence-electron chi connectivity index (χ3n) is 2.97. The van der Waals surface area contributed by atoms with Crippen LogP contribution in [0.15, 0.2) is 40.9 Å². The molecule has 0 saturated heterocycles. The predicted octanol–water partition coefficient (Wildman–Crippen LogP) is 3.83. The molecule has 106 valence electrons. The van der Waals surface area contributed by atoms with Crippen molar-refractivity contribution in [1.29, 1.82) is 0 Å². The van der Waals surface area contributed by atoms with Crippen molar-refractivity contribution in [3.63, 3.8) is 0 Å². The number of methoxy groups -OCH3 is 1. The second kappa shape index (κ2) is 6.61. The number of nitrogen functional groups attached to an aromatic ring is 1. The maximum absolute atomic E-state index is 13.1. The third kappa shape index (κ3) is 3.63. The van der Waals surface area contributed by atoms with Gasteiger partial charge in [-0.3, -0.25) is 0 Å². The van der Waals surface area contributed by atoms with Gasteiger partial charge in [-0.05, 0) is 48.4 Å². The quantitative estimate of drug-likeness (QED) is 0.814. The number of hydrogen-bond donors (Lipinski definition) is 2. The molecular formula is C15H16BrFN2O. The third-order valence-corrected chi connectivity index (χ3v) is 3.46. The summed E-state index contributed by atoms with van der Waals surface area (Å²) in [7, 11) is 1.64. The molecule has 0 amide bonds. The van der Waals surface area contributed by atoms with E-state index in [0.29, 0.717) is 17.9 Å². The number of halogens is 2. The van der Waals surface area contributed by atoms with Crippen molar-refractivity contribution in [3.8, 4) is 5.75 Å². The van der Waals surface area contributed by atoms with Crippen molar-refractivity contribution in [2.75, 3.05) is 24.7 Å². The van der Waals surface area contributed by atoms with Crippen LogP contribution in [-0.2, 0) is 6.42 Å². The Kier molecular flexibility index (Phi) is 4.84. The van der Waals surface area contributed by atoms with Crippen molar-refractivity contribution in [2.45, 2.75) is 6.42 Å². The van der Waals surface area contributed by atoms with Gasteiger partial charge in [0.25, 0.3) is 0 Å². The zero-order valence-electron chi connectivity index (χ0n) is 11.1. The molecule has 0 saturated carbocycles. The number of rotatable bonds is 5. The summed E-state index contributed by atoms with van der Waals surface area (Å²) in [5.74, 6) is 0.531. The van der Waals surface area contributed by atoms with Gasteiger partial charge >= 0.3 is 0 Å². The van der Waals surface area contributed by atoms with Gasteiger partial charge in [0.2, 0.25) is 0 Å². The lowest BCUT2D eigenvalue weighted by atomic mass is 10.1. The van der Waals surface area contributed by atoms with Crippen LogP contribution in [0.4, 0.5) is 15.8 Å². The van der Waals surface area contributed by atoms with Crippen molar-refractivity contribution in [3.05, 3.63) is 52.3 Å². The van der Waals surface area contributed by atoms with E-state index in [0.717, 1.165) is 22.2 Å². The Hall–Kier alpha value is -1.75. The van der Waals surface area contributed by atoms with Crippen molar-refractivity contribution < 1.29 is 9.13 Å². The maximum atomic E-state index is 13.1. The first-order valence-corrected chi connectivity index (χ1v) is 7.01. The van der Waals surface area contributed by atoms with E-state index in [4.69, 9.17) is 10.5 Å². The molecule has 0 heterocycles. The normalized spacial score (nSPS) is 10.3. The summed E-state index contributed by atoms with van der Waals surface area (Å²) in [6.07, 6.45) is 0.749. The van der Waals surface area contributed by atoms with Gasteiger partial charge in [0.1, 0.15) is 11.6 Å². The molecule has 0 fully saturated rings. The second-order valence-corrected chi connectivity index (χ2v) is 5.28. The van der Waals surface area contributed by atoms with E-state index in [9.17, 15) is 4.39 Å². The van der Waals surface area contributed by atoms with Crippen molar-refractivity contribution in [2.24, 2.45) is 0 Å². The zero-order chi connectivity index (χ0) is 14.5. The van der Waals surface area contributed by atoms with Gasteiger partial charge in [-0.15, -0.1) is 0 Å². The Morgan fingerprint density at radius 1 is 1.25 bits per heavy atom. The van der Waals surface area contributed by atoms with Crippen LogP contribution >= 0.6 is 15.9 Å². The van der Waals surface area contributed by atoms with E-state index in [1.807, 2.05) is 18.2 Å². The summed E-state index contributed by atoms with van der Waals surface area (Å²) in [4.78, 5) is 0. The van der Waals surface area contributed by atoms with Crippen LogP contribution in [0.1, 0.15) is 5.56 Å². The summed E-state index contributed by atoms with van der Waals surface area (Å²) in [5, 5.41) is 3.14. The summed E-state index contributed by atoms with van der Waals surface area (Å²) in [5.41, 5.74) is 8.01. The van der Waals surface area contributed by atoms with Gasteiger partial charge in [-0.2, -0.15) is 0 Å². The van der Waals surface area contributed by atoms with Crippen LogP contribution in [0.25, 0.3) is 0 Å². The number of ether oxygens (including phenoxy) is 1. The molecule has 3 N–H and O–H groups in total. The van der Waals surface area contributed by atoms with Crippen LogP contribution < -0.4 is 15.8 Å². The first-order valence-electron chi connectivity index (χ1n) is 6.21. The smallest absolute Gasteiger partial charge is 0.125 e. The van der Waals surface area contributed by atoms with Crippen LogP contribution in [0.3, 0.4) is 0 Å². The Morgan fingerprint density at radius 2 is 2.05 bits per heavy atom. The highest BCUT2D eigenvalue weighted by Gasteiger charge is 2.05. The summed E-state index contributed by atoms with van der Waals surface area (Å²) >= 11 is 3.44. The molecule has 0 aromatic heterocycles. The average Bonchev–Trinajstić information content (AvgIpc) is 2.43. The average molecular weight is 339 g/mol. The summed E-state index contributed by atoms with van der Waals surface area (Å²) < 4.78 is 19.5. The molecule has 0 aliphatic carbocycles. The highest BCUT2D eigenvalue weighted by molar-refractivity contribution is 9.10. The predicted molar refractivity (Wildman–Crippen MR) is 83.7 cm³/mol. The minimum atomic E-state index is -0.304. The van der Waals surface area contributed by atoms with E-state index in [1.165, 1.54) is 12.1 Å². The lowest BCUT2D eigenvalue weighted by Gasteiger charge is -2.12. The number of nitrogens with one attached hydrogen (secondary N) is 1. The van der Waals surface area contributed by atoms with Crippen molar-refractivity contribution >= 4 is 27.3 Å². The van der Waals surface area contributed by atoms with E-state index < -0.39 is 0 Å². The molecule has 0 aliphatic heterocycles. The molecule has 2 aromatic rings. The van der Waals surface area contributed by atoms with Crippen LogP contribution in [-0.4, -0.2) is 13.7 Å². The maximum Gasteiger partial charge on any atom is 0.125 e. The fourth-order valence-electron chi connectivity index (χ4n) is 1.96. The van der Waals surface area contributed by atoms with Crippen LogP contribution in [0, 0.1) is 5.82 Å². The monoisotopic (exact) mass is 338 g/mol. The molecule has 2 rings (SSSR count). The lowest BCUT2D eigenvalue weighted by Crippen LogP contribution is -2.08. The lowest BCUT2D eigenvalue weighted by molar-refractivity contribution is 0.410. The number of nitrogens with two attached hydrogens (primary N) is 1. The number of hydrogen-bond acceptors (Lipinski definition) is 3. The summed E-state index contributed by atoms with van der Waals surface area (Å²) in [6.45, 7) is 0.639.